The summed E-state index contributed by atoms with van der Waals surface area (Å²) in [6.07, 6.45) is 4.83. The van der Waals surface area contributed by atoms with Gasteiger partial charge in [0.05, 0.1) is 61.2 Å². The van der Waals surface area contributed by atoms with E-state index in [1.165, 1.54) is 0 Å². The van der Waals surface area contributed by atoms with E-state index in [0.717, 1.165) is 0 Å². The molecule has 2 rings (SSSR count). The number of aliphatic imine (C=N–C) groups is 2. The average molecular weight is 449 g/mol. The normalized spacial score (nSPS) is 10.7. The molecule has 0 heterocycles. The largest absolute Gasteiger partial charge is 0.462 e. The van der Waals surface area contributed by atoms with Gasteiger partial charge in [0.1, 0.15) is 0 Å². The molecule has 0 aromatic heterocycles. The molecule has 0 bridgehead atoms. The molecule has 0 fully saturated rings. The lowest BCUT2D eigenvalue weighted by Crippen LogP contribution is -2.39. The summed E-state index contributed by atoms with van der Waals surface area (Å²) in [5.41, 5.74) is 2.32. The molecule has 7 heteroatoms. The monoisotopic (exact) mass is 448 g/mol. The molecule has 0 saturated heterocycles. The van der Waals surface area contributed by atoms with Gasteiger partial charge in [-0.25, -0.2) is 9.59 Å². The van der Waals surface area contributed by atoms with Gasteiger partial charge in [-0.3, -0.25) is 14.5 Å². The van der Waals surface area contributed by atoms with Crippen LogP contribution < -0.4 is 0 Å². The highest BCUT2D eigenvalue weighted by Crippen LogP contribution is 2.15. The summed E-state index contributed by atoms with van der Waals surface area (Å²) in [6.45, 7) is 16.6. The molecule has 0 N–H and O–H groups in total. The maximum atomic E-state index is 12.2. The number of hydrogen-bond donors (Lipinski definition) is 0. The standard InChI is InChI=1S/C26H30N3O4/c1-5-29(6-2,17-7-19-32-25(30)21-9-13-23(27-3)14-10-21)18-8-20-33-26(31)22-11-15-24(28-4)16-12-22/h5-6,9-16H,1-4,7-8,17-20H2/q+1. The van der Waals surface area contributed by atoms with Crippen molar-refractivity contribution in [3.8, 4) is 0 Å². The van der Waals surface area contributed by atoms with Gasteiger partial charge < -0.3 is 9.47 Å². The number of benzene rings is 2. The smallest absolute Gasteiger partial charge is 0.338 e. The molecule has 33 heavy (non-hydrogen) atoms. The lowest BCUT2D eigenvalue weighted by Gasteiger charge is -2.30. The van der Waals surface area contributed by atoms with Crippen molar-refractivity contribution in [2.24, 2.45) is 9.98 Å². The molecule has 172 valence electrons. The maximum Gasteiger partial charge on any atom is 0.338 e. The quantitative estimate of drug-likeness (QED) is 0.171. The third-order valence-corrected chi connectivity index (χ3v) is 5.20. The number of esters is 2. The Kier molecular flexibility index (Phi) is 9.92. The number of carbonyl (C=O) groups is 2. The molecule has 7 nitrogen and oxygen atoms in total. The maximum absolute atomic E-state index is 12.2. The first kappa shape index (κ1) is 25.4. The molecule has 0 spiro atoms. The number of hydrogen-bond acceptors (Lipinski definition) is 6. The topological polar surface area (TPSA) is 77.3 Å². The van der Waals surface area contributed by atoms with E-state index in [0.29, 0.717) is 52.9 Å². The van der Waals surface area contributed by atoms with Gasteiger partial charge in [0.25, 0.3) is 0 Å². The fourth-order valence-corrected chi connectivity index (χ4v) is 3.17. The molecular weight excluding hydrogens is 418 g/mol. The van der Waals surface area contributed by atoms with E-state index in [9.17, 15) is 9.59 Å². The molecule has 2 aromatic rings. The Morgan fingerprint density at radius 2 is 1.09 bits per heavy atom. The molecule has 2 aromatic carbocycles. The zero-order chi connectivity index (χ0) is 24.1. The number of rotatable bonds is 14. The van der Waals surface area contributed by atoms with Crippen molar-refractivity contribution >= 4 is 36.7 Å². The van der Waals surface area contributed by atoms with Crippen molar-refractivity contribution in [1.82, 2.24) is 0 Å². The summed E-state index contributed by atoms with van der Waals surface area (Å²) in [7, 11) is 0. The van der Waals surface area contributed by atoms with Crippen LogP contribution in [0.25, 0.3) is 0 Å². The third-order valence-electron chi connectivity index (χ3n) is 5.20. The number of quaternary nitrogens is 1. The Labute approximate surface area is 195 Å². The van der Waals surface area contributed by atoms with Crippen molar-refractivity contribution in [1.29, 1.82) is 0 Å². The summed E-state index contributed by atoms with van der Waals surface area (Å²) >= 11 is 0. The van der Waals surface area contributed by atoms with Crippen LogP contribution in [0.2, 0.25) is 0 Å². The van der Waals surface area contributed by atoms with Crippen LogP contribution >= 0.6 is 0 Å². The van der Waals surface area contributed by atoms with Crippen molar-refractivity contribution in [2.45, 2.75) is 12.8 Å². The van der Waals surface area contributed by atoms with Gasteiger partial charge >= 0.3 is 11.9 Å². The Balaban J connectivity index is 1.75. The SMILES string of the molecule is C=C[N+](C=C)(CCCOC(=O)c1ccc(N=C)cc1)CCCOC(=O)c1ccc(N=C)cc1. The second kappa shape index (κ2) is 12.9. The van der Waals surface area contributed by atoms with Gasteiger partial charge in [-0.1, -0.05) is 0 Å². The Hall–Kier alpha value is -3.84. The third kappa shape index (κ3) is 7.66. The molecule has 0 unspecified atom stereocenters. The van der Waals surface area contributed by atoms with Gasteiger partial charge in [0.2, 0.25) is 0 Å². The molecular formula is C26H30N3O4+. The van der Waals surface area contributed by atoms with Gasteiger partial charge in [-0.2, -0.15) is 0 Å². The van der Waals surface area contributed by atoms with Crippen LogP contribution in [0, 0.1) is 0 Å². The van der Waals surface area contributed by atoms with Gasteiger partial charge in [0.15, 0.2) is 0 Å². The molecule has 0 aliphatic carbocycles. The van der Waals surface area contributed by atoms with E-state index < -0.39 is 0 Å². The predicted octanol–water partition coefficient (Wildman–Crippen LogP) is 5.25. The van der Waals surface area contributed by atoms with E-state index in [1.807, 2.05) is 0 Å². The molecule has 0 radical (unpaired) electrons. The molecule has 0 amide bonds. The summed E-state index contributed by atoms with van der Waals surface area (Å²) in [5.74, 6) is -0.769. The fourth-order valence-electron chi connectivity index (χ4n) is 3.17. The van der Waals surface area contributed by atoms with Gasteiger partial charge in [-0.05, 0) is 75.1 Å². The first-order chi connectivity index (χ1) is 16.0. The van der Waals surface area contributed by atoms with Crippen molar-refractivity contribution in [3.05, 3.63) is 85.2 Å². The average Bonchev–Trinajstić information content (AvgIpc) is 2.87. The summed E-state index contributed by atoms with van der Waals surface area (Å²) in [4.78, 5) is 31.9. The zero-order valence-electron chi connectivity index (χ0n) is 18.8. The number of nitrogens with zero attached hydrogens (tertiary/aromatic N) is 3. The number of carbonyl (C=O) groups excluding carboxylic acids is 2. The summed E-state index contributed by atoms with van der Waals surface area (Å²) < 4.78 is 11.1. The minimum atomic E-state index is -0.385. The van der Waals surface area contributed by atoms with E-state index in [1.54, 1.807) is 60.9 Å². The van der Waals surface area contributed by atoms with E-state index in [2.05, 4.69) is 36.6 Å². The lowest BCUT2D eigenvalue weighted by atomic mass is 10.2. The molecule has 0 aliphatic rings. The van der Waals surface area contributed by atoms with Crippen LogP contribution in [0.15, 0.2) is 84.1 Å². The molecule has 0 aliphatic heterocycles. The van der Waals surface area contributed by atoms with Crippen LogP contribution in [0.5, 0.6) is 0 Å². The van der Waals surface area contributed by atoms with E-state index >= 15 is 0 Å². The summed E-state index contributed by atoms with van der Waals surface area (Å²) in [5, 5.41) is 0. The van der Waals surface area contributed by atoms with Crippen LogP contribution in [-0.2, 0) is 9.47 Å². The second-order valence-electron chi connectivity index (χ2n) is 7.30. The fraction of sp³-hybridized carbons (Fsp3) is 0.231. The summed E-state index contributed by atoms with van der Waals surface area (Å²) in [6, 6.07) is 13.5. The number of ether oxygens (including phenoxy) is 2. The highest BCUT2D eigenvalue weighted by atomic mass is 16.5. The van der Waals surface area contributed by atoms with Crippen molar-refractivity contribution in [3.63, 3.8) is 0 Å². The first-order valence-corrected chi connectivity index (χ1v) is 10.6. The Bertz CT molecular complexity index is 900. The van der Waals surface area contributed by atoms with Crippen LogP contribution in [0.4, 0.5) is 11.4 Å². The Morgan fingerprint density at radius 3 is 1.39 bits per heavy atom. The Morgan fingerprint density at radius 1 is 0.727 bits per heavy atom. The first-order valence-electron chi connectivity index (χ1n) is 10.6. The lowest BCUT2D eigenvalue weighted by molar-refractivity contribution is -0.828. The predicted molar refractivity (Wildman–Crippen MR) is 131 cm³/mol. The van der Waals surface area contributed by atoms with Crippen molar-refractivity contribution < 1.29 is 23.5 Å². The highest BCUT2D eigenvalue weighted by Gasteiger charge is 2.21. The van der Waals surface area contributed by atoms with Crippen LogP contribution in [0.3, 0.4) is 0 Å². The minimum absolute atomic E-state index is 0.270. The van der Waals surface area contributed by atoms with Gasteiger partial charge in [0, 0.05) is 12.8 Å². The van der Waals surface area contributed by atoms with Crippen LogP contribution in [-0.4, -0.2) is 56.2 Å². The highest BCUT2D eigenvalue weighted by molar-refractivity contribution is 5.90. The second-order valence-corrected chi connectivity index (χ2v) is 7.30. The van der Waals surface area contributed by atoms with Crippen LogP contribution in [0.1, 0.15) is 33.6 Å². The van der Waals surface area contributed by atoms with E-state index in [-0.39, 0.29) is 25.2 Å². The molecule has 0 saturated carbocycles. The van der Waals surface area contributed by atoms with Crippen molar-refractivity contribution in [2.75, 3.05) is 26.3 Å². The zero-order valence-corrected chi connectivity index (χ0v) is 18.8. The minimum Gasteiger partial charge on any atom is -0.462 e. The molecule has 0 atom stereocenters. The van der Waals surface area contributed by atoms with Gasteiger partial charge in [-0.15, -0.1) is 0 Å². The van der Waals surface area contributed by atoms with E-state index in [4.69, 9.17) is 9.47 Å².